The second kappa shape index (κ2) is 7.62. The highest BCUT2D eigenvalue weighted by molar-refractivity contribution is 5.88. The Hall–Kier alpha value is -1.32. The number of nitrogens with zero attached hydrogens (tertiary/aromatic N) is 1. The van der Waals surface area contributed by atoms with Gasteiger partial charge in [-0.2, -0.15) is 0 Å². The Morgan fingerprint density at radius 3 is 2.57 bits per heavy atom. The molecule has 120 valence electrons. The normalized spacial score (nSPS) is 21.2. The molecule has 1 atom stereocenters. The van der Waals surface area contributed by atoms with Gasteiger partial charge in [0.1, 0.15) is 0 Å². The van der Waals surface area contributed by atoms with Crippen molar-refractivity contribution in [1.29, 1.82) is 0 Å². The molecule has 0 N–H and O–H groups in total. The fraction of sp³-hybridized carbons (Fsp3) is 0.765. The van der Waals surface area contributed by atoms with Gasteiger partial charge in [0.2, 0.25) is 5.91 Å². The molecule has 1 amide bonds. The van der Waals surface area contributed by atoms with E-state index in [1.54, 1.807) is 0 Å². The van der Waals surface area contributed by atoms with Gasteiger partial charge in [0, 0.05) is 25.1 Å². The van der Waals surface area contributed by atoms with E-state index in [0.717, 1.165) is 19.4 Å². The number of hydrogen-bond acceptors (Lipinski definition) is 3. The Bertz CT molecular complexity index is 407. The molecule has 0 spiro atoms. The van der Waals surface area contributed by atoms with Gasteiger partial charge >= 0.3 is 5.97 Å². The van der Waals surface area contributed by atoms with Gasteiger partial charge in [0.15, 0.2) is 0 Å². The first kappa shape index (κ1) is 17.7. The summed E-state index contributed by atoms with van der Waals surface area (Å²) in [7, 11) is 1.39. The summed E-state index contributed by atoms with van der Waals surface area (Å²) < 4.78 is 4.75. The molecule has 1 heterocycles. The third kappa shape index (κ3) is 5.18. The maximum atomic E-state index is 12.2. The van der Waals surface area contributed by atoms with E-state index >= 15 is 0 Å². The number of hydrogen-bond donors (Lipinski definition) is 0. The fourth-order valence-corrected chi connectivity index (χ4v) is 2.82. The minimum absolute atomic E-state index is 0.193. The molecule has 1 aliphatic rings. The van der Waals surface area contributed by atoms with E-state index < -0.39 is 0 Å². The maximum Gasteiger partial charge on any atom is 0.333 e. The zero-order valence-electron chi connectivity index (χ0n) is 14.1. The predicted octanol–water partition coefficient (Wildman–Crippen LogP) is 3.17. The highest BCUT2D eigenvalue weighted by Crippen LogP contribution is 2.34. The van der Waals surface area contributed by atoms with Crippen LogP contribution in [0.25, 0.3) is 0 Å². The number of rotatable bonds is 4. The summed E-state index contributed by atoms with van der Waals surface area (Å²) in [5.41, 5.74) is 0.883. The van der Waals surface area contributed by atoms with Crippen molar-refractivity contribution < 1.29 is 14.3 Å². The Morgan fingerprint density at radius 1 is 1.38 bits per heavy atom. The van der Waals surface area contributed by atoms with Crippen LogP contribution in [0.1, 0.15) is 53.4 Å². The first-order valence-corrected chi connectivity index (χ1v) is 7.84. The Balaban J connectivity index is 2.69. The van der Waals surface area contributed by atoms with Gasteiger partial charge in [0.25, 0.3) is 0 Å². The van der Waals surface area contributed by atoms with Crippen LogP contribution in [0, 0.1) is 11.3 Å². The molecule has 1 fully saturated rings. The number of carbonyl (C=O) groups is 2. The SMILES string of the molecule is CCC(=CCN1CCC(C(C)(C)C)CCC1=O)C(=O)OC. The van der Waals surface area contributed by atoms with Crippen molar-refractivity contribution in [3.05, 3.63) is 11.6 Å². The largest absolute Gasteiger partial charge is 0.466 e. The van der Waals surface area contributed by atoms with Gasteiger partial charge in [0.05, 0.1) is 7.11 Å². The van der Waals surface area contributed by atoms with E-state index in [0.29, 0.717) is 30.9 Å². The van der Waals surface area contributed by atoms with E-state index in [4.69, 9.17) is 4.74 Å². The summed E-state index contributed by atoms with van der Waals surface area (Å²) in [5.74, 6) is 0.465. The van der Waals surface area contributed by atoms with E-state index in [9.17, 15) is 9.59 Å². The third-order valence-corrected chi connectivity index (χ3v) is 4.42. The molecule has 4 nitrogen and oxygen atoms in total. The standard InChI is InChI=1S/C17H29NO3/c1-6-13(16(20)21-5)9-11-18-12-10-14(17(2,3)4)7-8-15(18)19/h9,14H,6-8,10-12H2,1-5H3. The number of likely N-dealkylation sites (tertiary alicyclic amines) is 1. The Kier molecular flexibility index (Phi) is 6.43. The minimum Gasteiger partial charge on any atom is -0.466 e. The van der Waals surface area contributed by atoms with Crippen LogP contribution in [0.2, 0.25) is 0 Å². The van der Waals surface area contributed by atoms with Gasteiger partial charge < -0.3 is 9.64 Å². The van der Waals surface area contributed by atoms with Crippen molar-refractivity contribution >= 4 is 11.9 Å². The maximum absolute atomic E-state index is 12.2. The number of ether oxygens (including phenoxy) is 1. The molecule has 1 rings (SSSR count). The molecule has 1 saturated heterocycles. The number of amides is 1. The van der Waals surface area contributed by atoms with Crippen LogP contribution in [-0.2, 0) is 14.3 Å². The highest BCUT2D eigenvalue weighted by Gasteiger charge is 2.29. The summed E-state index contributed by atoms with van der Waals surface area (Å²) in [4.78, 5) is 25.6. The lowest BCUT2D eigenvalue weighted by atomic mass is 9.77. The van der Waals surface area contributed by atoms with Crippen molar-refractivity contribution in [3.63, 3.8) is 0 Å². The lowest BCUT2D eigenvalue weighted by molar-refractivity contribution is -0.136. The van der Waals surface area contributed by atoms with Gasteiger partial charge in [-0.1, -0.05) is 33.8 Å². The molecule has 4 heteroatoms. The summed E-state index contributed by atoms with van der Waals surface area (Å²) in [6.45, 7) is 9.92. The predicted molar refractivity (Wildman–Crippen MR) is 83.8 cm³/mol. The molecular weight excluding hydrogens is 266 g/mol. The highest BCUT2D eigenvalue weighted by atomic mass is 16.5. The summed E-state index contributed by atoms with van der Waals surface area (Å²) in [6.07, 6.45) is 5.05. The first-order chi connectivity index (χ1) is 9.79. The zero-order valence-corrected chi connectivity index (χ0v) is 14.1. The van der Waals surface area contributed by atoms with Gasteiger partial charge in [-0.05, 0) is 30.6 Å². The van der Waals surface area contributed by atoms with Crippen LogP contribution in [0.15, 0.2) is 11.6 Å². The molecule has 0 bridgehead atoms. The second-order valence-electron chi connectivity index (χ2n) is 6.80. The molecule has 1 aliphatic heterocycles. The van der Waals surface area contributed by atoms with E-state index in [2.05, 4.69) is 20.8 Å². The van der Waals surface area contributed by atoms with Gasteiger partial charge in [-0.25, -0.2) is 4.79 Å². The monoisotopic (exact) mass is 295 g/mol. The molecule has 0 aromatic heterocycles. The average Bonchev–Trinajstić information content (AvgIpc) is 2.61. The second-order valence-corrected chi connectivity index (χ2v) is 6.80. The van der Waals surface area contributed by atoms with Crippen LogP contribution in [0.4, 0.5) is 0 Å². The van der Waals surface area contributed by atoms with Gasteiger partial charge in [-0.15, -0.1) is 0 Å². The number of methoxy groups -OCH3 is 1. The smallest absolute Gasteiger partial charge is 0.333 e. The molecule has 21 heavy (non-hydrogen) atoms. The summed E-state index contributed by atoms with van der Waals surface area (Å²) >= 11 is 0. The first-order valence-electron chi connectivity index (χ1n) is 7.84. The lowest BCUT2D eigenvalue weighted by Crippen LogP contribution is -2.31. The Labute approximate surface area is 128 Å². The van der Waals surface area contributed by atoms with E-state index in [1.165, 1.54) is 7.11 Å². The van der Waals surface area contributed by atoms with Crippen LogP contribution in [0.3, 0.4) is 0 Å². The molecule has 0 saturated carbocycles. The van der Waals surface area contributed by atoms with E-state index in [1.807, 2.05) is 17.9 Å². The molecule has 0 aromatic rings. The van der Waals surface area contributed by atoms with Crippen molar-refractivity contribution in [1.82, 2.24) is 4.90 Å². The molecule has 0 aliphatic carbocycles. The van der Waals surface area contributed by atoms with Crippen molar-refractivity contribution in [2.24, 2.45) is 11.3 Å². The molecular formula is C17H29NO3. The Morgan fingerprint density at radius 2 is 2.05 bits per heavy atom. The lowest BCUT2D eigenvalue weighted by Gasteiger charge is -2.29. The number of carbonyl (C=O) groups excluding carboxylic acids is 2. The van der Waals surface area contributed by atoms with Crippen molar-refractivity contribution in [3.8, 4) is 0 Å². The quantitative estimate of drug-likeness (QED) is 0.591. The van der Waals surface area contributed by atoms with Crippen molar-refractivity contribution in [2.45, 2.75) is 53.4 Å². The van der Waals surface area contributed by atoms with E-state index in [-0.39, 0.29) is 17.3 Å². The molecule has 0 radical (unpaired) electrons. The van der Waals surface area contributed by atoms with Crippen LogP contribution in [0.5, 0.6) is 0 Å². The fourth-order valence-electron chi connectivity index (χ4n) is 2.82. The number of esters is 1. The summed E-state index contributed by atoms with van der Waals surface area (Å²) in [5, 5.41) is 0. The molecule has 0 aromatic carbocycles. The molecule has 1 unspecified atom stereocenters. The minimum atomic E-state index is -0.299. The topological polar surface area (TPSA) is 46.6 Å². The van der Waals surface area contributed by atoms with Crippen LogP contribution < -0.4 is 0 Å². The van der Waals surface area contributed by atoms with Crippen LogP contribution >= 0.6 is 0 Å². The van der Waals surface area contributed by atoms with Gasteiger partial charge in [-0.3, -0.25) is 4.79 Å². The average molecular weight is 295 g/mol. The van der Waals surface area contributed by atoms with Crippen molar-refractivity contribution in [2.75, 3.05) is 20.2 Å². The zero-order chi connectivity index (χ0) is 16.0. The summed E-state index contributed by atoms with van der Waals surface area (Å²) in [6, 6.07) is 0. The van der Waals surface area contributed by atoms with Crippen LogP contribution in [-0.4, -0.2) is 37.0 Å². The third-order valence-electron chi connectivity index (χ3n) is 4.42.